The van der Waals surface area contributed by atoms with Crippen molar-refractivity contribution in [1.29, 1.82) is 0 Å². The van der Waals surface area contributed by atoms with Crippen LogP contribution in [0.4, 0.5) is 4.39 Å². The second-order valence-corrected chi connectivity index (χ2v) is 5.51. The zero-order valence-corrected chi connectivity index (χ0v) is 12.4. The van der Waals surface area contributed by atoms with E-state index >= 15 is 0 Å². The lowest BCUT2D eigenvalue weighted by atomic mass is 9.96. The van der Waals surface area contributed by atoms with Crippen molar-refractivity contribution < 1.29 is 9.50 Å². The van der Waals surface area contributed by atoms with E-state index in [2.05, 4.69) is 0 Å². The molecule has 0 aliphatic heterocycles. The fourth-order valence-corrected chi connectivity index (χ4v) is 2.88. The molecule has 1 atom stereocenters. The maximum atomic E-state index is 13.6. The number of aliphatic hydroxyl groups is 1. The van der Waals surface area contributed by atoms with E-state index in [4.69, 9.17) is 23.2 Å². The Morgan fingerprint density at radius 1 is 0.810 bits per heavy atom. The Morgan fingerprint density at radius 3 is 2.29 bits per heavy atom. The number of aliphatic hydroxyl groups excluding tert-OH is 1. The predicted octanol–water partition coefficient (Wildman–Crippen LogP) is 5.37. The van der Waals surface area contributed by atoms with Crippen LogP contribution in [-0.4, -0.2) is 5.11 Å². The summed E-state index contributed by atoms with van der Waals surface area (Å²) in [6.07, 6.45) is -1.02. The van der Waals surface area contributed by atoms with Crippen LogP contribution in [0.3, 0.4) is 0 Å². The van der Waals surface area contributed by atoms with E-state index in [0.717, 1.165) is 10.8 Å². The van der Waals surface area contributed by atoms with Crippen molar-refractivity contribution in [3.05, 3.63) is 81.6 Å². The van der Waals surface area contributed by atoms with Crippen LogP contribution in [0.1, 0.15) is 17.2 Å². The van der Waals surface area contributed by atoms with Crippen LogP contribution in [0, 0.1) is 5.82 Å². The van der Waals surface area contributed by atoms with E-state index in [0.29, 0.717) is 16.1 Å². The van der Waals surface area contributed by atoms with E-state index in [-0.39, 0.29) is 5.02 Å². The van der Waals surface area contributed by atoms with E-state index in [9.17, 15) is 9.50 Å². The molecule has 1 unspecified atom stereocenters. The lowest BCUT2D eigenvalue weighted by molar-refractivity contribution is 0.221. The Balaban J connectivity index is 2.21. The molecule has 0 saturated heterocycles. The van der Waals surface area contributed by atoms with Gasteiger partial charge in [0.15, 0.2) is 0 Å². The van der Waals surface area contributed by atoms with Gasteiger partial charge in [-0.15, -0.1) is 0 Å². The van der Waals surface area contributed by atoms with Crippen LogP contribution >= 0.6 is 23.2 Å². The molecule has 0 aliphatic carbocycles. The predicted molar refractivity (Wildman–Crippen MR) is 84.4 cm³/mol. The first kappa shape index (κ1) is 14.3. The molecule has 1 N–H and O–H groups in total. The van der Waals surface area contributed by atoms with Crippen molar-refractivity contribution in [2.24, 2.45) is 0 Å². The van der Waals surface area contributed by atoms with E-state index in [1.807, 2.05) is 24.3 Å². The van der Waals surface area contributed by atoms with Gasteiger partial charge in [-0.1, -0.05) is 65.7 Å². The van der Waals surface area contributed by atoms with Gasteiger partial charge < -0.3 is 5.11 Å². The van der Waals surface area contributed by atoms with Gasteiger partial charge in [0, 0.05) is 16.0 Å². The van der Waals surface area contributed by atoms with Gasteiger partial charge >= 0.3 is 0 Å². The molecule has 0 heterocycles. The smallest absolute Gasteiger partial charge is 0.142 e. The summed E-state index contributed by atoms with van der Waals surface area (Å²) in [4.78, 5) is 0. The monoisotopic (exact) mass is 320 g/mol. The highest BCUT2D eigenvalue weighted by molar-refractivity contribution is 6.35. The van der Waals surface area contributed by atoms with Gasteiger partial charge in [-0.05, 0) is 23.1 Å². The first-order valence-electron chi connectivity index (χ1n) is 6.38. The largest absolute Gasteiger partial charge is 0.384 e. The van der Waals surface area contributed by atoms with Crippen LogP contribution in [0.2, 0.25) is 10.0 Å². The zero-order valence-electron chi connectivity index (χ0n) is 10.9. The molecule has 0 bridgehead atoms. The molecule has 3 rings (SSSR count). The number of benzene rings is 3. The van der Waals surface area contributed by atoms with Crippen LogP contribution in [-0.2, 0) is 0 Å². The average molecular weight is 321 g/mol. The van der Waals surface area contributed by atoms with Crippen molar-refractivity contribution in [2.45, 2.75) is 6.10 Å². The molecule has 3 aromatic rings. The summed E-state index contributed by atoms with van der Waals surface area (Å²) < 4.78 is 13.6. The van der Waals surface area contributed by atoms with Crippen LogP contribution < -0.4 is 0 Å². The Bertz CT molecular complexity index is 817. The Morgan fingerprint density at radius 2 is 1.52 bits per heavy atom. The molecule has 0 saturated carbocycles. The summed E-state index contributed by atoms with van der Waals surface area (Å²) in [5, 5.41) is 12.8. The Hall–Kier alpha value is -1.61. The molecule has 4 heteroatoms. The minimum absolute atomic E-state index is 0.0657. The van der Waals surface area contributed by atoms with E-state index in [1.165, 1.54) is 12.1 Å². The number of rotatable bonds is 2. The molecule has 1 nitrogen and oxygen atoms in total. The van der Waals surface area contributed by atoms with Crippen molar-refractivity contribution in [3.8, 4) is 0 Å². The summed E-state index contributed by atoms with van der Waals surface area (Å²) in [5.41, 5.74) is 0.978. The quantitative estimate of drug-likeness (QED) is 0.673. The highest BCUT2D eigenvalue weighted by Crippen LogP contribution is 2.35. The lowest BCUT2D eigenvalue weighted by Gasteiger charge is -2.16. The molecule has 0 fully saturated rings. The van der Waals surface area contributed by atoms with Crippen molar-refractivity contribution in [1.82, 2.24) is 0 Å². The maximum absolute atomic E-state index is 13.6. The van der Waals surface area contributed by atoms with Gasteiger partial charge in [0.25, 0.3) is 0 Å². The van der Waals surface area contributed by atoms with Crippen molar-refractivity contribution in [2.75, 3.05) is 0 Å². The van der Waals surface area contributed by atoms with Gasteiger partial charge in [0.2, 0.25) is 0 Å². The third kappa shape index (κ3) is 2.51. The molecular weight excluding hydrogens is 310 g/mol. The van der Waals surface area contributed by atoms with Crippen LogP contribution in [0.5, 0.6) is 0 Å². The maximum Gasteiger partial charge on any atom is 0.142 e. The molecular formula is C17H11Cl2FO. The lowest BCUT2D eigenvalue weighted by Crippen LogP contribution is -2.02. The molecule has 0 aliphatic rings. The van der Waals surface area contributed by atoms with Gasteiger partial charge in [-0.2, -0.15) is 0 Å². The minimum atomic E-state index is -1.02. The van der Waals surface area contributed by atoms with Gasteiger partial charge in [-0.25, -0.2) is 4.39 Å². The van der Waals surface area contributed by atoms with Crippen LogP contribution in [0.25, 0.3) is 10.8 Å². The Kier molecular flexibility index (Phi) is 3.85. The molecule has 0 radical (unpaired) electrons. The fraction of sp³-hybridized carbons (Fsp3) is 0.0588. The first-order chi connectivity index (χ1) is 10.1. The van der Waals surface area contributed by atoms with E-state index < -0.39 is 11.9 Å². The fourth-order valence-electron chi connectivity index (χ4n) is 2.42. The third-order valence-corrected chi connectivity index (χ3v) is 4.20. The molecule has 106 valence electrons. The van der Waals surface area contributed by atoms with Gasteiger partial charge in [-0.3, -0.25) is 0 Å². The van der Waals surface area contributed by atoms with Crippen molar-refractivity contribution >= 4 is 34.0 Å². The standard InChI is InChI=1S/C17H11Cl2FO/c18-14-9-8-12(10-4-1-2-5-11(10)14)17(21)13-6-3-7-15(20)16(13)19/h1-9,17,21H. The minimum Gasteiger partial charge on any atom is -0.384 e. The SMILES string of the molecule is OC(c1cccc(F)c1Cl)c1ccc(Cl)c2ccccc12. The number of hydrogen-bond donors (Lipinski definition) is 1. The number of halogens is 3. The Labute approximate surface area is 131 Å². The van der Waals surface area contributed by atoms with Gasteiger partial charge in [0.05, 0.1) is 5.02 Å². The number of fused-ring (bicyclic) bond motifs is 1. The highest BCUT2D eigenvalue weighted by Gasteiger charge is 2.18. The second kappa shape index (κ2) is 5.64. The first-order valence-corrected chi connectivity index (χ1v) is 7.14. The molecule has 0 aromatic heterocycles. The molecule has 0 spiro atoms. The highest BCUT2D eigenvalue weighted by atomic mass is 35.5. The van der Waals surface area contributed by atoms with Gasteiger partial charge in [0.1, 0.15) is 11.9 Å². The topological polar surface area (TPSA) is 20.2 Å². The molecule has 0 amide bonds. The summed E-state index contributed by atoms with van der Waals surface area (Å²) in [5.74, 6) is -0.550. The van der Waals surface area contributed by atoms with Crippen LogP contribution in [0.15, 0.2) is 54.6 Å². The normalized spacial score (nSPS) is 12.6. The summed E-state index contributed by atoms with van der Waals surface area (Å²) in [6.45, 7) is 0. The molecule has 21 heavy (non-hydrogen) atoms. The summed E-state index contributed by atoms with van der Waals surface area (Å²) in [7, 11) is 0. The third-order valence-electron chi connectivity index (χ3n) is 3.48. The zero-order chi connectivity index (χ0) is 15.0. The average Bonchev–Trinajstić information content (AvgIpc) is 2.50. The summed E-state index contributed by atoms with van der Waals surface area (Å²) >= 11 is 12.1. The second-order valence-electron chi connectivity index (χ2n) is 4.73. The summed E-state index contributed by atoms with van der Waals surface area (Å²) in [6, 6.07) is 15.3. The number of hydrogen-bond acceptors (Lipinski definition) is 1. The van der Waals surface area contributed by atoms with E-state index in [1.54, 1.807) is 18.2 Å². The molecule has 3 aromatic carbocycles. The van der Waals surface area contributed by atoms with Crippen molar-refractivity contribution in [3.63, 3.8) is 0 Å².